The van der Waals surface area contributed by atoms with Gasteiger partial charge in [-0.05, 0) is 29.7 Å². The fraction of sp³-hybridized carbons (Fsp3) is 0.154. The lowest BCUT2D eigenvalue weighted by Crippen LogP contribution is -2.17. The molecule has 0 fully saturated rings. The summed E-state index contributed by atoms with van der Waals surface area (Å²) in [5.41, 5.74) is 4.62. The maximum Gasteiger partial charge on any atom is 0.278 e. The first kappa shape index (κ1) is 19.5. The molecule has 2 aromatic carbocycles. The topological polar surface area (TPSA) is 50.7 Å². The Balaban J connectivity index is 1.63. The van der Waals surface area contributed by atoms with Crippen LogP contribution in [0.1, 0.15) is 33.6 Å². The highest BCUT2D eigenvalue weighted by molar-refractivity contribution is 7.12. The van der Waals surface area contributed by atoms with Crippen LogP contribution in [-0.4, -0.2) is 14.5 Å². The molecule has 0 radical (unpaired) electrons. The zero-order chi connectivity index (χ0) is 21.2. The Kier molecular flexibility index (Phi) is 5.26. The molecule has 4 nitrogen and oxygen atoms in total. The quantitative estimate of drug-likeness (QED) is 0.392. The summed E-state index contributed by atoms with van der Waals surface area (Å²) in [5, 5.41) is 0. The highest BCUT2D eigenvalue weighted by Crippen LogP contribution is 2.24. The first-order valence-electron chi connectivity index (χ1n) is 10.5. The number of aromatic amines is 1. The second-order valence-corrected chi connectivity index (χ2v) is 8.88. The third-order valence-electron chi connectivity index (χ3n) is 5.46. The number of thiophene rings is 1. The van der Waals surface area contributed by atoms with Crippen molar-refractivity contribution in [3.8, 4) is 17.1 Å². The molecule has 5 rings (SSSR count). The van der Waals surface area contributed by atoms with Gasteiger partial charge >= 0.3 is 0 Å². The van der Waals surface area contributed by atoms with Crippen molar-refractivity contribution in [3.05, 3.63) is 116 Å². The van der Waals surface area contributed by atoms with Crippen molar-refractivity contribution in [3.63, 3.8) is 0 Å². The Bertz CT molecular complexity index is 1330. The van der Waals surface area contributed by atoms with Crippen molar-refractivity contribution in [2.45, 2.75) is 26.2 Å². The second-order valence-electron chi connectivity index (χ2n) is 7.63. The van der Waals surface area contributed by atoms with Crippen molar-refractivity contribution in [2.75, 3.05) is 0 Å². The molecule has 2 aliphatic heterocycles. The SMILES string of the molecule is CCc1ccc(Cc2nc3c(Cc4ccccc4)[nH]c(-c4ccccc4)cn-3c2=O)s1. The molecule has 5 heteroatoms. The number of fused-ring (bicyclic) bond motifs is 1. The highest BCUT2D eigenvalue weighted by atomic mass is 32.1. The van der Waals surface area contributed by atoms with Gasteiger partial charge < -0.3 is 4.98 Å². The molecule has 0 aliphatic carbocycles. The van der Waals surface area contributed by atoms with Crippen molar-refractivity contribution >= 4 is 11.3 Å². The van der Waals surface area contributed by atoms with Gasteiger partial charge in [0.15, 0.2) is 5.82 Å². The van der Waals surface area contributed by atoms with E-state index in [1.54, 1.807) is 15.9 Å². The highest BCUT2D eigenvalue weighted by Gasteiger charge is 2.20. The molecular weight excluding hydrogens is 402 g/mol. The van der Waals surface area contributed by atoms with Crippen LogP contribution in [0.4, 0.5) is 0 Å². The van der Waals surface area contributed by atoms with E-state index < -0.39 is 0 Å². The predicted octanol–water partition coefficient (Wildman–Crippen LogP) is 5.47. The number of nitrogens with one attached hydrogen (secondary N) is 1. The number of imidazole rings is 1. The molecule has 3 aromatic rings. The number of aryl methyl sites for hydroxylation is 1. The smallest absolute Gasteiger partial charge is 0.278 e. The zero-order valence-corrected chi connectivity index (χ0v) is 18.2. The van der Waals surface area contributed by atoms with Crippen LogP contribution in [0.5, 0.6) is 0 Å². The monoisotopic (exact) mass is 425 g/mol. The van der Waals surface area contributed by atoms with E-state index in [2.05, 4.69) is 36.2 Å². The second kappa shape index (κ2) is 8.36. The average Bonchev–Trinajstić information content (AvgIpc) is 3.40. The fourth-order valence-corrected chi connectivity index (χ4v) is 4.81. The minimum absolute atomic E-state index is 0.0399. The average molecular weight is 426 g/mol. The van der Waals surface area contributed by atoms with E-state index in [1.807, 2.05) is 54.7 Å². The zero-order valence-electron chi connectivity index (χ0n) is 17.3. The molecule has 0 saturated carbocycles. The largest absolute Gasteiger partial charge is 0.354 e. The van der Waals surface area contributed by atoms with E-state index in [0.717, 1.165) is 23.4 Å². The number of hydrogen-bond acceptors (Lipinski definition) is 3. The predicted molar refractivity (Wildman–Crippen MR) is 127 cm³/mol. The molecule has 31 heavy (non-hydrogen) atoms. The van der Waals surface area contributed by atoms with Crippen LogP contribution < -0.4 is 5.56 Å². The molecule has 0 unspecified atom stereocenters. The summed E-state index contributed by atoms with van der Waals surface area (Å²) in [7, 11) is 0. The summed E-state index contributed by atoms with van der Waals surface area (Å²) in [6.07, 6.45) is 4.14. The first-order chi connectivity index (χ1) is 15.2. The Morgan fingerprint density at radius 1 is 0.903 bits per heavy atom. The van der Waals surface area contributed by atoms with E-state index >= 15 is 0 Å². The van der Waals surface area contributed by atoms with Gasteiger partial charge in [0, 0.05) is 28.8 Å². The molecule has 3 heterocycles. The van der Waals surface area contributed by atoms with Crippen molar-refractivity contribution < 1.29 is 0 Å². The minimum Gasteiger partial charge on any atom is -0.354 e. The number of rotatable bonds is 6. The van der Waals surface area contributed by atoms with Gasteiger partial charge in [0.05, 0.1) is 11.4 Å². The van der Waals surface area contributed by atoms with Gasteiger partial charge in [-0.1, -0.05) is 67.6 Å². The standard InChI is InChI=1S/C26H23N3OS/c1-2-20-13-14-21(31-20)16-23-26(30)29-17-24(19-11-7-4-8-12-19)27-22(25(29)28-23)15-18-9-5-3-6-10-18/h3-14,17,27H,2,15-16H2,1H3. The molecule has 154 valence electrons. The summed E-state index contributed by atoms with van der Waals surface area (Å²) < 4.78 is 1.71. The summed E-state index contributed by atoms with van der Waals surface area (Å²) in [6, 6.07) is 24.6. The number of H-pyrrole nitrogens is 1. The molecule has 0 bridgehead atoms. The van der Waals surface area contributed by atoms with Crippen LogP contribution in [0.3, 0.4) is 0 Å². The Hall–Kier alpha value is -3.44. The molecule has 1 aromatic heterocycles. The number of hydrogen-bond donors (Lipinski definition) is 1. The van der Waals surface area contributed by atoms with Gasteiger partial charge in [0.25, 0.3) is 5.56 Å². The van der Waals surface area contributed by atoms with Crippen LogP contribution in [0.25, 0.3) is 17.1 Å². The van der Waals surface area contributed by atoms with Gasteiger partial charge in [-0.15, -0.1) is 11.3 Å². The molecule has 2 aliphatic rings. The van der Waals surface area contributed by atoms with E-state index in [1.165, 1.54) is 15.3 Å². The third-order valence-corrected chi connectivity index (χ3v) is 6.69. The lowest BCUT2D eigenvalue weighted by molar-refractivity contribution is 0.914. The lowest BCUT2D eigenvalue weighted by Gasteiger charge is -2.13. The summed E-state index contributed by atoms with van der Waals surface area (Å²) >= 11 is 1.76. The molecule has 1 N–H and O–H groups in total. The van der Waals surface area contributed by atoms with Gasteiger partial charge in [-0.2, -0.15) is 0 Å². The van der Waals surface area contributed by atoms with Crippen LogP contribution >= 0.6 is 11.3 Å². The fourth-order valence-electron chi connectivity index (χ4n) is 3.85. The molecule has 0 amide bonds. The van der Waals surface area contributed by atoms with Crippen LogP contribution in [0.15, 0.2) is 83.8 Å². The van der Waals surface area contributed by atoms with Crippen molar-refractivity contribution in [1.29, 1.82) is 0 Å². The third kappa shape index (κ3) is 3.97. The van der Waals surface area contributed by atoms with Gasteiger partial charge in [0.2, 0.25) is 0 Å². The summed E-state index contributed by atoms with van der Waals surface area (Å²) in [4.78, 5) is 24.1. The van der Waals surface area contributed by atoms with E-state index in [-0.39, 0.29) is 5.56 Å². The molecule has 0 spiro atoms. The maximum absolute atomic E-state index is 13.3. The Labute approximate surface area is 185 Å². The minimum atomic E-state index is -0.0399. The Morgan fingerprint density at radius 2 is 1.61 bits per heavy atom. The van der Waals surface area contributed by atoms with Crippen LogP contribution in [0.2, 0.25) is 0 Å². The van der Waals surface area contributed by atoms with Crippen LogP contribution in [0, 0.1) is 0 Å². The Morgan fingerprint density at radius 3 is 2.32 bits per heavy atom. The first-order valence-corrected chi connectivity index (χ1v) is 11.3. The van der Waals surface area contributed by atoms with Gasteiger partial charge in [0.1, 0.15) is 5.69 Å². The van der Waals surface area contributed by atoms with E-state index in [0.29, 0.717) is 24.4 Å². The molecule has 0 saturated heterocycles. The van der Waals surface area contributed by atoms with Crippen molar-refractivity contribution in [2.24, 2.45) is 0 Å². The number of aromatic nitrogens is 3. The normalized spacial score (nSPS) is 11.3. The number of nitrogens with zero attached hydrogens (tertiary/aromatic N) is 2. The van der Waals surface area contributed by atoms with Crippen molar-refractivity contribution in [1.82, 2.24) is 14.5 Å². The molecular formula is C26H23N3OS. The summed E-state index contributed by atoms with van der Waals surface area (Å²) in [6.45, 7) is 2.15. The van der Waals surface area contributed by atoms with Crippen LogP contribution in [-0.2, 0) is 19.3 Å². The van der Waals surface area contributed by atoms with E-state index in [9.17, 15) is 4.79 Å². The summed E-state index contributed by atoms with van der Waals surface area (Å²) in [5.74, 6) is 0.704. The van der Waals surface area contributed by atoms with Gasteiger partial charge in [-0.3, -0.25) is 9.36 Å². The lowest BCUT2D eigenvalue weighted by atomic mass is 10.1. The maximum atomic E-state index is 13.3. The van der Waals surface area contributed by atoms with Gasteiger partial charge in [-0.25, -0.2) is 4.98 Å². The molecule has 0 atom stereocenters. The van der Waals surface area contributed by atoms with E-state index in [4.69, 9.17) is 4.98 Å². The number of benzene rings is 2.